The molecular formula is C12H15ClF3NO2. The Labute approximate surface area is 114 Å². The molecule has 1 rings (SSSR count). The second kappa shape index (κ2) is 6.45. The summed E-state index contributed by atoms with van der Waals surface area (Å²) in [7, 11) is 2.95. The molecule has 0 fully saturated rings. The number of rotatable bonds is 5. The maximum absolute atomic E-state index is 12.2. The van der Waals surface area contributed by atoms with E-state index in [2.05, 4.69) is 0 Å². The van der Waals surface area contributed by atoms with Crippen LogP contribution in [0.2, 0.25) is 5.02 Å². The average molecular weight is 298 g/mol. The molecule has 0 bridgehead atoms. The number of aliphatic hydroxyl groups excluding tert-OH is 1. The van der Waals surface area contributed by atoms with E-state index >= 15 is 0 Å². The Morgan fingerprint density at radius 3 is 2.58 bits per heavy atom. The first-order valence-corrected chi connectivity index (χ1v) is 5.87. The van der Waals surface area contributed by atoms with Crippen LogP contribution in [0.15, 0.2) is 18.2 Å². The Morgan fingerprint density at radius 2 is 2.05 bits per heavy atom. The lowest BCUT2D eigenvalue weighted by molar-refractivity contribution is -0.207. The molecule has 0 aliphatic heterocycles. The molecule has 0 saturated carbocycles. The van der Waals surface area contributed by atoms with E-state index in [9.17, 15) is 13.2 Å². The zero-order valence-corrected chi connectivity index (χ0v) is 11.3. The average Bonchev–Trinajstić information content (AvgIpc) is 2.27. The third-order valence-electron chi connectivity index (χ3n) is 2.55. The molecule has 0 radical (unpaired) electrons. The molecule has 0 aliphatic rings. The van der Waals surface area contributed by atoms with Crippen LogP contribution in [0.4, 0.5) is 13.2 Å². The van der Waals surface area contributed by atoms with Gasteiger partial charge in [-0.2, -0.15) is 13.2 Å². The summed E-state index contributed by atoms with van der Waals surface area (Å²) >= 11 is 5.83. The minimum atomic E-state index is -4.62. The van der Waals surface area contributed by atoms with Gasteiger partial charge in [0.05, 0.1) is 7.11 Å². The molecule has 1 atom stereocenters. The largest absolute Gasteiger partial charge is 0.496 e. The normalized spacial score (nSPS) is 13.7. The van der Waals surface area contributed by atoms with Crippen LogP contribution in [-0.2, 0) is 6.54 Å². The van der Waals surface area contributed by atoms with E-state index in [-0.39, 0.29) is 6.54 Å². The van der Waals surface area contributed by atoms with Crippen LogP contribution in [0.25, 0.3) is 0 Å². The summed E-state index contributed by atoms with van der Waals surface area (Å²) in [5.41, 5.74) is 0.659. The molecule has 108 valence electrons. The summed E-state index contributed by atoms with van der Waals surface area (Å²) in [6.45, 7) is -0.323. The topological polar surface area (TPSA) is 32.7 Å². The first-order chi connectivity index (χ1) is 8.74. The number of ether oxygens (including phenoxy) is 1. The molecule has 7 heteroatoms. The van der Waals surface area contributed by atoms with Crippen molar-refractivity contribution in [3.8, 4) is 5.75 Å². The van der Waals surface area contributed by atoms with Crippen molar-refractivity contribution in [2.24, 2.45) is 0 Å². The van der Waals surface area contributed by atoms with Crippen molar-refractivity contribution in [3.05, 3.63) is 28.8 Å². The van der Waals surface area contributed by atoms with Crippen molar-refractivity contribution >= 4 is 11.6 Å². The van der Waals surface area contributed by atoms with E-state index in [0.29, 0.717) is 16.3 Å². The maximum atomic E-state index is 12.2. The SMILES string of the molecule is COc1ccc(Cl)cc1CN(C)CC(O)C(F)(F)F. The number of benzene rings is 1. The zero-order chi connectivity index (χ0) is 14.6. The lowest BCUT2D eigenvalue weighted by Gasteiger charge is -2.23. The number of likely N-dealkylation sites (N-methyl/N-ethyl adjacent to an activating group) is 1. The highest BCUT2D eigenvalue weighted by Crippen LogP contribution is 2.25. The van der Waals surface area contributed by atoms with Crippen molar-refractivity contribution in [3.63, 3.8) is 0 Å². The van der Waals surface area contributed by atoms with Crippen molar-refractivity contribution in [1.82, 2.24) is 4.90 Å². The molecule has 19 heavy (non-hydrogen) atoms. The summed E-state index contributed by atoms with van der Waals surface area (Å²) in [4.78, 5) is 1.35. The third-order valence-corrected chi connectivity index (χ3v) is 2.78. The molecule has 1 N–H and O–H groups in total. The predicted octanol–water partition coefficient (Wildman–Crippen LogP) is 2.70. The lowest BCUT2D eigenvalue weighted by Crippen LogP contribution is -2.39. The van der Waals surface area contributed by atoms with E-state index in [0.717, 1.165) is 0 Å². The molecule has 0 aromatic heterocycles. The molecule has 0 heterocycles. The summed E-state index contributed by atoms with van der Waals surface area (Å²) in [5, 5.41) is 9.46. The van der Waals surface area contributed by atoms with Gasteiger partial charge in [0.15, 0.2) is 6.10 Å². The van der Waals surface area contributed by atoms with E-state index in [4.69, 9.17) is 21.4 Å². The van der Waals surface area contributed by atoms with Gasteiger partial charge in [-0.1, -0.05) is 11.6 Å². The monoisotopic (exact) mass is 297 g/mol. The Balaban J connectivity index is 2.71. The van der Waals surface area contributed by atoms with Gasteiger partial charge in [0.2, 0.25) is 0 Å². The quantitative estimate of drug-likeness (QED) is 0.907. The summed E-state index contributed by atoms with van der Waals surface area (Å²) in [6, 6.07) is 4.90. The fraction of sp³-hybridized carbons (Fsp3) is 0.500. The highest BCUT2D eigenvalue weighted by atomic mass is 35.5. The fourth-order valence-corrected chi connectivity index (χ4v) is 1.82. The second-order valence-electron chi connectivity index (χ2n) is 4.21. The van der Waals surface area contributed by atoms with Crippen molar-refractivity contribution < 1.29 is 23.0 Å². The van der Waals surface area contributed by atoms with Gasteiger partial charge in [-0.15, -0.1) is 0 Å². The Bertz CT molecular complexity index is 426. The highest BCUT2D eigenvalue weighted by molar-refractivity contribution is 6.30. The van der Waals surface area contributed by atoms with Gasteiger partial charge < -0.3 is 9.84 Å². The molecule has 0 amide bonds. The number of methoxy groups -OCH3 is 1. The van der Waals surface area contributed by atoms with Gasteiger partial charge in [-0.3, -0.25) is 4.90 Å². The second-order valence-corrected chi connectivity index (χ2v) is 4.65. The van der Waals surface area contributed by atoms with Gasteiger partial charge in [-0.05, 0) is 25.2 Å². The minimum Gasteiger partial charge on any atom is -0.496 e. The summed E-state index contributed by atoms with van der Waals surface area (Å²) in [6.07, 6.45) is -6.99. The molecule has 1 aromatic carbocycles. The van der Waals surface area contributed by atoms with Gasteiger partial charge in [0, 0.05) is 23.7 Å². The molecule has 0 aliphatic carbocycles. The minimum absolute atomic E-state index is 0.191. The van der Waals surface area contributed by atoms with E-state index in [1.807, 2.05) is 0 Å². The molecular weight excluding hydrogens is 283 g/mol. The number of hydrogen-bond acceptors (Lipinski definition) is 3. The van der Waals surface area contributed by atoms with Crippen molar-refractivity contribution in [1.29, 1.82) is 0 Å². The summed E-state index contributed by atoms with van der Waals surface area (Å²) < 4.78 is 41.8. The number of nitrogens with zero attached hydrogens (tertiary/aromatic N) is 1. The van der Waals surface area contributed by atoms with Gasteiger partial charge >= 0.3 is 6.18 Å². The molecule has 0 spiro atoms. The third kappa shape index (κ3) is 4.89. The number of alkyl halides is 3. The van der Waals surface area contributed by atoms with E-state index in [1.165, 1.54) is 19.1 Å². The number of hydrogen-bond donors (Lipinski definition) is 1. The van der Waals surface area contributed by atoms with Gasteiger partial charge in [0.25, 0.3) is 0 Å². The maximum Gasteiger partial charge on any atom is 0.415 e. The van der Waals surface area contributed by atoms with Crippen molar-refractivity contribution in [2.75, 3.05) is 20.7 Å². The number of halogens is 4. The molecule has 0 saturated heterocycles. The molecule has 1 aromatic rings. The van der Waals surface area contributed by atoms with Crippen molar-refractivity contribution in [2.45, 2.75) is 18.8 Å². The summed E-state index contributed by atoms with van der Waals surface area (Å²) in [5.74, 6) is 0.540. The predicted molar refractivity (Wildman–Crippen MR) is 66.4 cm³/mol. The zero-order valence-electron chi connectivity index (χ0n) is 10.5. The standard InChI is InChI=1S/C12H15ClF3NO2/c1-17(7-11(18)12(14,15)16)6-8-5-9(13)3-4-10(8)19-2/h3-5,11,18H,6-7H2,1-2H3. The molecule has 1 unspecified atom stereocenters. The van der Waals surface area contributed by atoms with Crippen LogP contribution < -0.4 is 4.74 Å². The number of aliphatic hydroxyl groups is 1. The van der Waals surface area contributed by atoms with Crippen LogP contribution in [0.5, 0.6) is 5.75 Å². The van der Waals surface area contributed by atoms with Crippen LogP contribution in [-0.4, -0.2) is 43.0 Å². The van der Waals surface area contributed by atoms with Crippen LogP contribution in [0.1, 0.15) is 5.56 Å². The fourth-order valence-electron chi connectivity index (χ4n) is 1.62. The highest BCUT2D eigenvalue weighted by Gasteiger charge is 2.38. The van der Waals surface area contributed by atoms with Crippen LogP contribution in [0, 0.1) is 0 Å². The van der Waals surface area contributed by atoms with Crippen LogP contribution >= 0.6 is 11.6 Å². The Morgan fingerprint density at radius 1 is 1.42 bits per heavy atom. The first kappa shape index (κ1) is 16.1. The Hall–Kier alpha value is -0.980. The van der Waals surface area contributed by atoms with Crippen LogP contribution in [0.3, 0.4) is 0 Å². The Kier molecular flexibility index (Phi) is 5.46. The smallest absolute Gasteiger partial charge is 0.415 e. The van der Waals surface area contributed by atoms with Gasteiger partial charge in [-0.25, -0.2) is 0 Å². The molecule has 3 nitrogen and oxygen atoms in total. The van der Waals surface area contributed by atoms with E-state index < -0.39 is 18.8 Å². The van der Waals surface area contributed by atoms with Gasteiger partial charge in [0.1, 0.15) is 5.75 Å². The first-order valence-electron chi connectivity index (χ1n) is 5.49. The lowest BCUT2D eigenvalue weighted by atomic mass is 10.2. The van der Waals surface area contributed by atoms with E-state index in [1.54, 1.807) is 18.2 Å².